The number of aliphatic hydroxyl groups excluding tert-OH is 1. The van der Waals surface area contributed by atoms with Crippen LogP contribution in [0.5, 0.6) is 0 Å². The van der Waals surface area contributed by atoms with Gasteiger partial charge in [0.15, 0.2) is 0 Å². The number of hydrogen-bond donors (Lipinski definition) is 2. The summed E-state index contributed by atoms with van der Waals surface area (Å²) >= 11 is 3.13. The molecule has 3 nitrogen and oxygen atoms in total. The summed E-state index contributed by atoms with van der Waals surface area (Å²) in [6.07, 6.45) is 1.32. The van der Waals surface area contributed by atoms with Gasteiger partial charge in [0.25, 0.3) is 5.91 Å². The molecular weight excluding hydrogens is 278 g/mol. The Balaban J connectivity index is 1.90. The van der Waals surface area contributed by atoms with E-state index in [1.807, 2.05) is 35.9 Å². The van der Waals surface area contributed by atoms with Crippen LogP contribution >= 0.6 is 23.1 Å². The molecule has 0 unspecified atom stereocenters. The van der Waals surface area contributed by atoms with Crippen molar-refractivity contribution in [3.63, 3.8) is 0 Å². The molecule has 0 saturated carbocycles. The van der Waals surface area contributed by atoms with Crippen molar-refractivity contribution in [2.75, 3.05) is 12.8 Å². The van der Waals surface area contributed by atoms with Crippen molar-refractivity contribution in [1.29, 1.82) is 0 Å². The van der Waals surface area contributed by atoms with Crippen LogP contribution in [0.3, 0.4) is 0 Å². The van der Waals surface area contributed by atoms with Crippen molar-refractivity contribution in [3.05, 3.63) is 52.2 Å². The van der Waals surface area contributed by atoms with E-state index in [-0.39, 0.29) is 12.5 Å². The van der Waals surface area contributed by atoms with Crippen LogP contribution in [0.2, 0.25) is 0 Å². The van der Waals surface area contributed by atoms with Gasteiger partial charge in [-0.1, -0.05) is 12.1 Å². The first-order chi connectivity index (χ1) is 9.20. The quantitative estimate of drug-likeness (QED) is 0.833. The van der Waals surface area contributed by atoms with E-state index in [1.54, 1.807) is 23.2 Å². The Morgan fingerprint density at radius 1 is 1.37 bits per heavy atom. The Morgan fingerprint density at radius 3 is 2.68 bits per heavy atom. The molecule has 0 aliphatic rings. The summed E-state index contributed by atoms with van der Waals surface area (Å²) in [6, 6.07) is 9.45. The van der Waals surface area contributed by atoms with Crippen molar-refractivity contribution in [1.82, 2.24) is 5.32 Å². The monoisotopic (exact) mass is 293 g/mol. The zero-order valence-corrected chi connectivity index (χ0v) is 12.1. The summed E-state index contributed by atoms with van der Waals surface area (Å²) in [5, 5.41) is 16.4. The highest BCUT2D eigenvalue weighted by Gasteiger charge is 2.10. The molecule has 2 N–H and O–H groups in total. The molecule has 100 valence electrons. The normalized spacial score (nSPS) is 12.1. The minimum Gasteiger partial charge on any atom is -0.387 e. The zero-order valence-electron chi connectivity index (χ0n) is 10.5. The van der Waals surface area contributed by atoms with Crippen LogP contribution in [-0.4, -0.2) is 23.8 Å². The lowest BCUT2D eigenvalue weighted by Gasteiger charge is -2.12. The summed E-state index contributed by atoms with van der Waals surface area (Å²) in [7, 11) is 0. The third-order valence-electron chi connectivity index (χ3n) is 2.74. The van der Waals surface area contributed by atoms with E-state index in [1.165, 1.54) is 11.3 Å². The minimum absolute atomic E-state index is 0.152. The van der Waals surface area contributed by atoms with Crippen LogP contribution in [0.1, 0.15) is 22.0 Å². The number of aliphatic hydroxyl groups is 1. The van der Waals surface area contributed by atoms with Gasteiger partial charge in [-0.3, -0.25) is 4.79 Å². The van der Waals surface area contributed by atoms with Crippen LogP contribution in [0.25, 0.3) is 0 Å². The average molecular weight is 293 g/mol. The molecule has 2 rings (SSSR count). The highest BCUT2D eigenvalue weighted by molar-refractivity contribution is 7.98. The number of benzene rings is 1. The largest absolute Gasteiger partial charge is 0.387 e. The molecule has 5 heteroatoms. The molecule has 0 saturated heterocycles. The molecule has 19 heavy (non-hydrogen) atoms. The molecule has 1 heterocycles. The van der Waals surface area contributed by atoms with E-state index in [9.17, 15) is 9.90 Å². The summed E-state index contributed by atoms with van der Waals surface area (Å²) in [5.74, 6) is -0.152. The van der Waals surface area contributed by atoms with Crippen molar-refractivity contribution in [2.24, 2.45) is 0 Å². The predicted octanol–water partition coefficient (Wildman–Crippen LogP) is 2.93. The number of nitrogens with one attached hydrogen (secondary N) is 1. The summed E-state index contributed by atoms with van der Waals surface area (Å²) in [4.78, 5) is 12.9. The molecule has 0 bridgehead atoms. The molecular formula is C14H15NO2S2. The van der Waals surface area contributed by atoms with Crippen molar-refractivity contribution in [2.45, 2.75) is 11.0 Å². The second kappa shape index (κ2) is 6.75. The van der Waals surface area contributed by atoms with Crippen molar-refractivity contribution < 1.29 is 9.90 Å². The number of rotatable bonds is 5. The number of thiophene rings is 1. The molecule has 2 aromatic rings. The summed E-state index contributed by atoms with van der Waals surface area (Å²) in [6.45, 7) is 0.216. The fraction of sp³-hybridized carbons (Fsp3) is 0.214. The van der Waals surface area contributed by atoms with Gasteiger partial charge >= 0.3 is 0 Å². The molecule has 0 aliphatic heterocycles. The number of carbonyl (C=O) groups excluding carboxylic acids is 1. The molecule has 1 amide bonds. The standard InChI is InChI=1S/C14H15NO2S2/c1-18-12-4-2-10(3-5-12)13(16)8-15-14(17)11-6-7-19-9-11/h2-7,9,13,16H,8H2,1H3,(H,15,17)/t13-/m1/s1. The summed E-state index contributed by atoms with van der Waals surface area (Å²) < 4.78 is 0. The van der Waals surface area contributed by atoms with Crippen LogP contribution in [0.15, 0.2) is 46.0 Å². The van der Waals surface area contributed by atoms with Gasteiger partial charge in [-0.25, -0.2) is 0 Å². The Bertz CT molecular complexity index is 523. The van der Waals surface area contributed by atoms with Crippen molar-refractivity contribution >= 4 is 29.0 Å². The van der Waals surface area contributed by atoms with Gasteiger partial charge in [-0.05, 0) is 35.4 Å². The van der Waals surface area contributed by atoms with Gasteiger partial charge in [0, 0.05) is 22.4 Å². The van der Waals surface area contributed by atoms with Gasteiger partial charge in [0.05, 0.1) is 6.10 Å². The first-order valence-electron chi connectivity index (χ1n) is 5.83. The van der Waals surface area contributed by atoms with E-state index in [0.29, 0.717) is 5.56 Å². The fourth-order valence-electron chi connectivity index (χ4n) is 1.63. The van der Waals surface area contributed by atoms with Gasteiger partial charge in [0.2, 0.25) is 0 Å². The van der Waals surface area contributed by atoms with E-state index < -0.39 is 6.10 Å². The third kappa shape index (κ3) is 3.83. The van der Waals surface area contributed by atoms with Crippen LogP contribution in [0, 0.1) is 0 Å². The first kappa shape index (κ1) is 14.1. The average Bonchev–Trinajstić information content (AvgIpc) is 2.98. The van der Waals surface area contributed by atoms with E-state index in [0.717, 1.165) is 10.5 Å². The van der Waals surface area contributed by atoms with Gasteiger partial charge in [-0.2, -0.15) is 11.3 Å². The fourth-order valence-corrected chi connectivity index (χ4v) is 2.67. The number of hydrogen-bond acceptors (Lipinski definition) is 4. The lowest BCUT2D eigenvalue weighted by molar-refractivity contribution is 0.0917. The number of carbonyl (C=O) groups is 1. The molecule has 0 fully saturated rings. The Morgan fingerprint density at radius 2 is 2.11 bits per heavy atom. The van der Waals surface area contributed by atoms with Gasteiger partial charge < -0.3 is 10.4 Å². The molecule has 1 atom stereocenters. The van der Waals surface area contributed by atoms with Gasteiger partial charge in [-0.15, -0.1) is 11.8 Å². The predicted molar refractivity (Wildman–Crippen MR) is 79.8 cm³/mol. The highest BCUT2D eigenvalue weighted by Crippen LogP contribution is 2.18. The Labute approximate surface area is 120 Å². The van der Waals surface area contributed by atoms with Crippen molar-refractivity contribution in [3.8, 4) is 0 Å². The van der Waals surface area contributed by atoms with Crippen LogP contribution < -0.4 is 5.32 Å². The minimum atomic E-state index is -0.682. The second-order valence-corrected chi connectivity index (χ2v) is 5.67. The molecule has 0 aliphatic carbocycles. The smallest absolute Gasteiger partial charge is 0.252 e. The maximum absolute atomic E-state index is 11.7. The topological polar surface area (TPSA) is 49.3 Å². The zero-order chi connectivity index (χ0) is 13.7. The molecule has 0 spiro atoms. The molecule has 1 aromatic heterocycles. The lowest BCUT2D eigenvalue weighted by Crippen LogP contribution is -2.27. The van der Waals surface area contributed by atoms with E-state index in [2.05, 4.69) is 5.32 Å². The Kier molecular flexibility index (Phi) is 5.01. The molecule has 0 radical (unpaired) electrons. The van der Waals surface area contributed by atoms with Crippen LogP contribution in [-0.2, 0) is 0 Å². The number of thioether (sulfide) groups is 1. The van der Waals surface area contributed by atoms with E-state index >= 15 is 0 Å². The maximum atomic E-state index is 11.7. The Hall–Kier alpha value is -1.30. The molecule has 1 aromatic carbocycles. The lowest BCUT2D eigenvalue weighted by atomic mass is 10.1. The van der Waals surface area contributed by atoms with Crippen LogP contribution in [0.4, 0.5) is 0 Å². The highest BCUT2D eigenvalue weighted by atomic mass is 32.2. The summed E-state index contributed by atoms with van der Waals surface area (Å²) in [5.41, 5.74) is 1.44. The number of amides is 1. The maximum Gasteiger partial charge on any atom is 0.252 e. The third-order valence-corrected chi connectivity index (χ3v) is 4.17. The van der Waals surface area contributed by atoms with E-state index in [4.69, 9.17) is 0 Å². The first-order valence-corrected chi connectivity index (χ1v) is 8.00. The second-order valence-electron chi connectivity index (χ2n) is 4.01. The van der Waals surface area contributed by atoms with Gasteiger partial charge in [0.1, 0.15) is 0 Å². The SMILES string of the molecule is CSc1ccc([C@H](O)CNC(=O)c2ccsc2)cc1.